The van der Waals surface area contributed by atoms with Gasteiger partial charge in [-0.15, -0.1) is 0 Å². The van der Waals surface area contributed by atoms with E-state index < -0.39 is 35.9 Å². The van der Waals surface area contributed by atoms with E-state index >= 15 is 0 Å². The van der Waals surface area contributed by atoms with E-state index in [0.717, 1.165) is 18.2 Å². The summed E-state index contributed by atoms with van der Waals surface area (Å²) in [5.41, 5.74) is 5.98. The number of benzene rings is 2. The molecule has 0 aromatic heterocycles. The molecule has 0 fully saturated rings. The van der Waals surface area contributed by atoms with Crippen molar-refractivity contribution in [1.29, 1.82) is 0 Å². The molecule has 1 unspecified atom stereocenters. The largest absolute Gasteiger partial charge is 0.481 e. The number of carbonyl (C=O) groups is 1. The van der Waals surface area contributed by atoms with Crippen molar-refractivity contribution < 1.29 is 23.1 Å². The summed E-state index contributed by atoms with van der Waals surface area (Å²) in [4.78, 5) is 10.6. The first-order valence-corrected chi connectivity index (χ1v) is 6.10. The Morgan fingerprint density at radius 2 is 1.81 bits per heavy atom. The van der Waals surface area contributed by atoms with Crippen molar-refractivity contribution in [3.05, 3.63) is 59.4 Å². The number of rotatable bonds is 4. The summed E-state index contributed by atoms with van der Waals surface area (Å²) in [5.74, 6) is -3.35. The summed E-state index contributed by atoms with van der Waals surface area (Å²) < 4.78 is 40.3. The Morgan fingerprint density at radius 1 is 1.10 bits per heavy atom. The van der Waals surface area contributed by atoms with Crippen LogP contribution in [-0.4, -0.2) is 11.1 Å². The van der Waals surface area contributed by atoms with Gasteiger partial charge in [0.2, 0.25) is 0 Å². The standard InChI is InChI=1S/C15H12F3NO2/c16-9-2-3-10(13(18)6-9)8-1-4-12(17)11(5-8)14(19)7-15(20)21/h1-6,14H,7,19H2,(H,20,21). The number of halogens is 3. The zero-order chi connectivity index (χ0) is 15.6. The molecule has 3 nitrogen and oxygen atoms in total. The molecule has 0 saturated heterocycles. The fourth-order valence-electron chi connectivity index (χ4n) is 2.02. The van der Waals surface area contributed by atoms with Gasteiger partial charge in [-0.1, -0.05) is 6.07 Å². The van der Waals surface area contributed by atoms with E-state index in [0.29, 0.717) is 5.56 Å². The molecule has 2 rings (SSSR count). The molecule has 2 aromatic carbocycles. The van der Waals surface area contributed by atoms with Gasteiger partial charge in [0.05, 0.1) is 6.42 Å². The molecule has 110 valence electrons. The van der Waals surface area contributed by atoms with Crippen LogP contribution in [0.1, 0.15) is 18.0 Å². The van der Waals surface area contributed by atoms with Gasteiger partial charge in [-0.05, 0) is 29.8 Å². The molecule has 0 radical (unpaired) electrons. The molecule has 21 heavy (non-hydrogen) atoms. The van der Waals surface area contributed by atoms with Gasteiger partial charge < -0.3 is 10.8 Å². The average Bonchev–Trinajstić information content (AvgIpc) is 2.39. The predicted octanol–water partition coefficient (Wildman–Crippen LogP) is 3.25. The molecule has 0 aliphatic heterocycles. The van der Waals surface area contributed by atoms with Gasteiger partial charge in [-0.3, -0.25) is 4.79 Å². The number of hydrogen-bond acceptors (Lipinski definition) is 2. The zero-order valence-electron chi connectivity index (χ0n) is 10.8. The molecular formula is C15H12F3NO2. The third kappa shape index (κ3) is 3.41. The number of carboxylic acid groups (broad SMARTS) is 1. The predicted molar refractivity (Wildman–Crippen MR) is 70.9 cm³/mol. The van der Waals surface area contributed by atoms with E-state index in [1.54, 1.807) is 0 Å². The molecule has 0 aliphatic rings. The molecule has 6 heteroatoms. The van der Waals surface area contributed by atoms with Crippen molar-refractivity contribution in [3.8, 4) is 11.1 Å². The quantitative estimate of drug-likeness (QED) is 0.910. The minimum atomic E-state index is -1.17. The second-order valence-electron chi connectivity index (χ2n) is 4.56. The third-order valence-electron chi connectivity index (χ3n) is 3.03. The fourth-order valence-corrected chi connectivity index (χ4v) is 2.02. The molecule has 0 heterocycles. The van der Waals surface area contributed by atoms with Gasteiger partial charge in [0.25, 0.3) is 0 Å². The average molecular weight is 295 g/mol. The van der Waals surface area contributed by atoms with Crippen LogP contribution < -0.4 is 5.73 Å². The van der Waals surface area contributed by atoms with Gasteiger partial charge in [0.15, 0.2) is 0 Å². The summed E-state index contributed by atoms with van der Waals surface area (Å²) >= 11 is 0. The van der Waals surface area contributed by atoms with Crippen molar-refractivity contribution in [1.82, 2.24) is 0 Å². The van der Waals surface area contributed by atoms with E-state index in [1.165, 1.54) is 18.2 Å². The van der Waals surface area contributed by atoms with Gasteiger partial charge in [-0.25, -0.2) is 13.2 Å². The van der Waals surface area contributed by atoms with E-state index in [2.05, 4.69) is 0 Å². The first-order valence-electron chi connectivity index (χ1n) is 6.10. The Labute approximate surface area is 118 Å². The number of carboxylic acids is 1. The fraction of sp³-hybridized carbons (Fsp3) is 0.133. The summed E-state index contributed by atoms with van der Waals surface area (Å²) in [7, 11) is 0. The lowest BCUT2D eigenvalue weighted by Gasteiger charge is -2.13. The highest BCUT2D eigenvalue weighted by molar-refractivity contribution is 5.69. The smallest absolute Gasteiger partial charge is 0.305 e. The molecule has 1 atom stereocenters. The van der Waals surface area contributed by atoms with Crippen LogP contribution in [-0.2, 0) is 4.79 Å². The lowest BCUT2D eigenvalue weighted by atomic mass is 9.97. The topological polar surface area (TPSA) is 63.3 Å². The van der Waals surface area contributed by atoms with Gasteiger partial charge in [0.1, 0.15) is 17.5 Å². The maximum absolute atomic E-state index is 13.7. The Morgan fingerprint density at radius 3 is 2.43 bits per heavy atom. The molecule has 0 bridgehead atoms. The van der Waals surface area contributed by atoms with Crippen LogP contribution >= 0.6 is 0 Å². The molecule has 0 amide bonds. The van der Waals surface area contributed by atoms with E-state index in [1.807, 2.05) is 0 Å². The lowest BCUT2D eigenvalue weighted by molar-refractivity contribution is -0.137. The van der Waals surface area contributed by atoms with Crippen molar-refractivity contribution in [2.75, 3.05) is 0 Å². The van der Waals surface area contributed by atoms with Crippen LogP contribution in [0.15, 0.2) is 36.4 Å². The molecule has 0 aliphatic carbocycles. The first kappa shape index (κ1) is 15.1. The molecular weight excluding hydrogens is 283 g/mol. The minimum Gasteiger partial charge on any atom is -0.481 e. The van der Waals surface area contributed by atoms with Crippen molar-refractivity contribution in [2.45, 2.75) is 12.5 Å². The van der Waals surface area contributed by atoms with Gasteiger partial charge in [0, 0.05) is 23.2 Å². The van der Waals surface area contributed by atoms with Crippen LogP contribution in [0.4, 0.5) is 13.2 Å². The van der Waals surface area contributed by atoms with Crippen LogP contribution in [0.2, 0.25) is 0 Å². The summed E-state index contributed by atoms with van der Waals surface area (Å²) in [5, 5.41) is 8.69. The molecule has 0 spiro atoms. The van der Waals surface area contributed by atoms with Gasteiger partial charge >= 0.3 is 5.97 Å². The molecule has 0 saturated carbocycles. The first-order chi connectivity index (χ1) is 9.88. The molecule has 2 aromatic rings. The third-order valence-corrected chi connectivity index (χ3v) is 3.03. The van der Waals surface area contributed by atoms with Crippen LogP contribution in [0.5, 0.6) is 0 Å². The maximum atomic E-state index is 13.7. The Bertz CT molecular complexity index is 689. The Hall–Kier alpha value is -2.34. The van der Waals surface area contributed by atoms with Crippen molar-refractivity contribution in [3.63, 3.8) is 0 Å². The van der Waals surface area contributed by atoms with E-state index in [-0.39, 0.29) is 11.1 Å². The highest BCUT2D eigenvalue weighted by atomic mass is 19.1. The van der Waals surface area contributed by atoms with E-state index in [9.17, 15) is 18.0 Å². The van der Waals surface area contributed by atoms with Crippen molar-refractivity contribution in [2.24, 2.45) is 5.73 Å². The number of hydrogen-bond donors (Lipinski definition) is 2. The van der Waals surface area contributed by atoms with Gasteiger partial charge in [-0.2, -0.15) is 0 Å². The van der Waals surface area contributed by atoms with Crippen LogP contribution in [0.3, 0.4) is 0 Å². The van der Waals surface area contributed by atoms with Crippen LogP contribution in [0.25, 0.3) is 11.1 Å². The number of nitrogens with two attached hydrogens (primary N) is 1. The summed E-state index contributed by atoms with van der Waals surface area (Å²) in [6.07, 6.45) is -0.452. The minimum absolute atomic E-state index is 0.0291. The normalized spacial score (nSPS) is 12.2. The lowest BCUT2D eigenvalue weighted by Crippen LogP contribution is -2.16. The maximum Gasteiger partial charge on any atom is 0.305 e. The zero-order valence-corrected chi connectivity index (χ0v) is 10.8. The second kappa shape index (κ2) is 5.97. The second-order valence-corrected chi connectivity index (χ2v) is 4.56. The van der Waals surface area contributed by atoms with Crippen molar-refractivity contribution >= 4 is 5.97 Å². The SMILES string of the molecule is NC(CC(=O)O)c1cc(-c2ccc(F)cc2F)ccc1F. The monoisotopic (exact) mass is 295 g/mol. The summed E-state index contributed by atoms with van der Waals surface area (Å²) in [6.45, 7) is 0. The molecule has 3 N–H and O–H groups in total. The Kier molecular flexibility index (Phi) is 4.28. The van der Waals surface area contributed by atoms with E-state index in [4.69, 9.17) is 10.8 Å². The van der Waals surface area contributed by atoms with Crippen LogP contribution in [0, 0.1) is 17.5 Å². The Balaban J connectivity index is 2.45. The highest BCUT2D eigenvalue weighted by Crippen LogP contribution is 2.28. The highest BCUT2D eigenvalue weighted by Gasteiger charge is 2.17. The number of aliphatic carboxylic acids is 1. The summed E-state index contributed by atoms with van der Waals surface area (Å²) in [6, 6.07) is 5.65.